The number of urea groups is 1. The van der Waals surface area contributed by atoms with Crippen LogP contribution in [0.15, 0.2) is 91.3 Å². The summed E-state index contributed by atoms with van der Waals surface area (Å²) in [5.74, 6) is 6.76. The Kier molecular flexibility index (Phi) is 9.01. The molecule has 6 rings (SSSR count). The highest BCUT2D eigenvalue weighted by Crippen LogP contribution is 2.31. The lowest BCUT2D eigenvalue weighted by Crippen LogP contribution is -2.41. The van der Waals surface area contributed by atoms with Crippen molar-refractivity contribution < 1.29 is 9.63 Å². The molecule has 9 nitrogen and oxygen atoms in total. The highest BCUT2D eigenvalue weighted by molar-refractivity contribution is 5.89. The molecule has 0 bridgehead atoms. The lowest BCUT2D eigenvalue weighted by molar-refractivity contribution is -0.0829. The van der Waals surface area contributed by atoms with Gasteiger partial charge in [-0.2, -0.15) is 5.06 Å². The molecular formula is C35H37N7O2. The monoisotopic (exact) mass is 587 g/mol. The Balaban J connectivity index is 1.03. The zero-order valence-corrected chi connectivity index (χ0v) is 25.1. The Morgan fingerprint density at radius 1 is 0.864 bits per heavy atom. The number of carbonyl (C=O) groups is 1. The molecule has 2 amide bonds. The molecule has 0 saturated carbocycles. The highest BCUT2D eigenvalue weighted by Gasteiger charge is 2.31. The maximum Gasteiger partial charge on any atom is 0.346 e. The van der Waals surface area contributed by atoms with Gasteiger partial charge in [0, 0.05) is 60.6 Å². The second-order valence-electron chi connectivity index (χ2n) is 11.3. The number of anilines is 4. The van der Waals surface area contributed by atoms with Gasteiger partial charge >= 0.3 is 6.03 Å². The summed E-state index contributed by atoms with van der Waals surface area (Å²) in [4.78, 5) is 32.3. The third-order valence-electron chi connectivity index (χ3n) is 8.09. The molecule has 0 unspecified atom stereocenters. The predicted octanol–water partition coefficient (Wildman–Crippen LogP) is 6.06. The van der Waals surface area contributed by atoms with Gasteiger partial charge in [0.2, 0.25) is 5.95 Å². The second kappa shape index (κ2) is 13.6. The second-order valence-corrected chi connectivity index (χ2v) is 11.3. The molecule has 2 aliphatic heterocycles. The third-order valence-corrected chi connectivity index (χ3v) is 8.09. The molecule has 3 heterocycles. The summed E-state index contributed by atoms with van der Waals surface area (Å²) in [6, 6.07) is 26.0. The average molecular weight is 588 g/mol. The van der Waals surface area contributed by atoms with Crippen LogP contribution in [0.1, 0.15) is 42.0 Å². The molecular weight excluding hydrogens is 550 g/mol. The molecule has 2 saturated heterocycles. The summed E-state index contributed by atoms with van der Waals surface area (Å²) in [7, 11) is 4.33. The Morgan fingerprint density at radius 3 is 2.32 bits per heavy atom. The molecule has 2 N–H and O–H groups in total. The fourth-order valence-corrected chi connectivity index (χ4v) is 5.63. The molecule has 224 valence electrons. The van der Waals surface area contributed by atoms with Gasteiger partial charge in [0.05, 0.1) is 18.2 Å². The minimum atomic E-state index is -0.308. The van der Waals surface area contributed by atoms with E-state index in [-0.39, 0.29) is 12.1 Å². The van der Waals surface area contributed by atoms with Crippen LogP contribution in [-0.2, 0) is 4.84 Å². The predicted molar refractivity (Wildman–Crippen MR) is 174 cm³/mol. The van der Waals surface area contributed by atoms with Crippen LogP contribution < -0.4 is 15.5 Å². The Hall–Kier alpha value is -4.91. The van der Waals surface area contributed by atoms with Gasteiger partial charge in [-0.15, -0.1) is 0 Å². The van der Waals surface area contributed by atoms with Crippen LogP contribution in [0.3, 0.4) is 0 Å². The zero-order chi connectivity index (χ0) is 30.3. The van der Waals surface area contributed by atoms with Crippen molar-refractivity contribution in [2.75, 3.05) is 49.3 Å². The van der Waals surface area contributed by atoms with Crippen molar-refractivity contribution in [1.82, 2.24) is 19.9 Å². The van der Waals surface area contributed by atoms with Gasteiger partial charge < -0.3 is 20.4 Å². The van der Waals surface area contributed by atoms with Gasteiger partial charge in [0.15, 0.2) is 0 Å². The quantitative estimate of drug-likeness (QED) is 0.265. The number of hydrogen-bond acceptors (Lipinski definition) is 7. The van der Waals surface area contributed by atoms with Crippen LogP contribution in [0.25, 0.3) is 0 Å². The lowest BCUT2D eigenvalue weighted by Gasteiger charge is -2.36. The summed E-state index contributed by atoms with van der Waals surface area (Å²) in [5, 5.41) is 7.63. The van der Waals surface area contributed by atoms with Gasteiger partial charge in [0.1, 0.15) is 0 Å². The van der Waals surface area contributed by atoms with Crippen molar-refractivity contribution in [2.24, 2.45) is 0 Å². The number of hydrogen-bond donors (Lipinski definition) is 2. The van der Waals surface area contributed by atoms with E-state index >= 15 is 0 Å². The van der Waals surface area contributed by atoms with Crippen molar-refractivity contribution in [1.29, 1.82) is 0 Å². The van der Waals surface area contributed by atoms with Crippen LogP contribution >= 0.6 is 0 Å². The van der Waals surface area contributed by atoms with Crippen molar-refractivity contribution >= 4 is 29.0 Å². The summed E-state index contributed by atoms with van der Waals surface area (Å²) in [6.45, 7) is 2.64. The van der Waals surface area contributed by atoms with Gasteiger partial charge in [-0.1, -0.05) is 48.2 Å². The number of hydroxylamine groups is 2. The molecule has 9 heteroatoms. The van der Waals surface area contributed by atoms with Crippen molar-refractivity contribution in [3.05, 3.63) is 108 Å². The first kappa shape index (κ1) is 29.2. The molecule has 0 radical (unpaired) electrons. The smallest absolute Gasteiger partial charge is 0.346 e. The number of piperidine rings is 1. The minimum absolute atomic E-state index is 0.118. The molecule has 0 aliphatic carbocycles. The molecule has 44 heavy (non-hydrogen) atoms. The molecule has 2 fully saturated rings. The summed E-state index contributed by atoms with van der Waals surface area (Å²) in [5.41, 5.74) is 5.32. The van der Waals surface area contributed by atoms with E-state index in [1.54, 1.807) is 12.4 Å². The number of nitrogens with one attached hydrogen (secondary N) is 2. The van der Waals surface area contributed by atoms with Crippen LogP contribution in [0.5, 0.6) is 0 Å². The summed E-state index contributed by atoms with van der Waals surface area (Å²) < 4.78 is 0. The number of benzene rings is 3. The zero-order valence-electron chi connectivity index (χ0n) is 25.1. The maximum atomic E-state index is 13.0. The van der Waals surface area contributed by atoms with Crippen molar-refractivity contribution in [3.63, 3.8) is 0 Å². The van der Waals surface area contributed by atoms with E-state index < -0.39 is 0 Å². The van der Waals surface area contributed by atoms with Crippen molar-refractivity contribution in [3.8, 4) is 11.8 Å². The van der Waals surface area contributed by atoms with Gasteiger partial charge in [-0.25, -0.2) is 14.8 Å². The van der Waals surface area contributed by atoms with E-state index in [0.29, 0.717) is 29.8 Å². The minimum Gasteiger partial charge on any atom is -0.371 e. The Labute approximate surface area is 258 Å². The fraction of sp³-hybridized carbons (Fsp3) is 0.286. The van der Waals surface area contributed by atoms with E-state index in [1.807, 2.05) is 54.6 Å². The topological polar surface area (TPSA) is 85.9 Å². The molecule has 2 aliphatic rings. The molecule has 3 aromatic carbocycles. The van der Waals surface area contributed by atoms with E-state index in [9.17, 15) is 4.79 Å². The van der Waals surface area contributed by atoms with Crippen LogP contribution in [-0.4, -0.2) is 65.8 Å². The molecule has 4 aromatic rings. The Bertz CT molecular complexity index is 1610. The first-order chi connectivity index (χ1) is 21.5. The number of aromatic nitrogens is 2. The fourth-order valence-electron chi connectivity index (χ4n) is 5.63. The van der Waals surface area contributed by atoms with Crippen LogP contribution in [0.2, 0.25) is 0 Å². The average Bonchev–Trinajstić information content (AvgIpc) is 3.56. The third kappa shape index (κ3) is 7.17. The number of carbonyl (C=O) groups excluding carboxylic acids is 1. The van der Waals surface area contributed by atoms with Crippen LogP contribution in [0.4, 0.5) is 27.8 Å². The standard InChI is InChI=1S/C35H37N7O2/c1-40(2)31-17-20-41(21-18-31)32-15-13-29(14-16-32)38-34-36-24-27(25-37-34)12-11-26-7-6-10-30(23-26)39-35(43)42-33(19-22-44-42)28-8-4-3-5-9-28/h3-10,13-16,23-25,31,33H,17-22H2,1-2H3,(H,39,43)(H,36,37,38)/t33-/m0/s1. The van der Waals surface area contributed by atoms with E-state index in [1.165, 1.54) is 23.6 Å². The largest absolute Gasteiger partial charge is 0.371 e. The van der Waals surface area contributed by atoms with E-state index in [2.05, 4.69) is 80.6 Å². The van der Waals surface area contributed by atoms with Crippen molar-refractivity contribution in [2.45, 2.75) is 31.3 Å². The first-order valence-corrected chi connectivity index (χ1v) is 15.0. The molecule has 1 atom stereocenters. The number of rotatable bonds is 6. The van der Waals surface area contributed by atoms with Gasteiger partial charge in [-0.3, -0.25) is 4.84 Å². The summed E-state index contributed by atoms with van der Waals surface area (Å²) >= 11 is 0. The lowest BCUT2D eigenvalue weighted by atomic mass is 10.0. The normalized spacial score (nSPS) is 16.8. The van der Waals surface area contributed by atoms with E-state index in [0.717, 1.165) is 36.3 Å². The maximum absolute atomic E-state index is 13.0. The molecule has 1 aromatic heterocycles. The Morgan fingerprint density at radius 2 is 1.59 bits per heavy atom. The van der Waals surface area contributed by atoms with Crippen LogP contribution in [0, 0.1) is 11.8 Å². The number of nitrogens with zero attached hydrogens (tertiary/aromatic N) is 5. The molecule has 0 spiro atoms. The summed E-state index contributed by atoms with van der Waals surface area (Å²) in [6.07, 6.45) is 6.52. The van der Waals surface area contributed by atoms with Gasteiger partial charge in [0.25, 0.3) is 0 Å². The first-order valence-electron chi connectivity index (χ1n) is 15.0. The number of amides is 2. The highest BCUT2D eigenvalue weighted by atomic mass is 16.7. The van der Waals surface area contributed by atoms with Gasteiger partial charge in [-0.05, 0) is 75.0 Å². The SMILES string of the molecule is CN(C)C1CCN(c2ccc(Nc3ncc(C#Cc4cccc(NC(=O)N5OCC[C@H]5c5ccccc5)c4)cn3)cc2)CC1. The van der Waals surface area contributed by atoms with E-state index in [4.69, 9.17) is 4.84 Å².